The van der Waals surface area contributed by atoms with Crippen molar-refractivity contribution in [3.05, 3.63) is 12.7 Å². The number of carbonyl (C=O) groups is 1. The Kier molecular flexibility index (Phi) is 3.30. The van der Waals surface area contributed by atoms with E-state index in [0.29, 0.717) is 19.3 Å². The number of hydrogen-bond donors (Lipinski definition) is 2. The van der Waals surface area contributed by atoms with Crippen LogP contribution in [-0.4, -0.2) is 30.7 Å². The van der Waals surface area contributed by atoms with Gasteiger partial charge in [0.25, 0.3) is 5.91 Å². The first kappa shape index (κ1) is 14.5. The van der Waals surface area contributed by atoms with Crippen molar-refractivity contribution in [3.8, 4) is 0 Å². The van der Waals surface area contributed by atoms with Crippen molar-refractivity contribution in [2.24, 2.45) is 5.92 Å². The largest absolute Gasteiger partial charge is 0.298 e. The van der Waals surface area contributed by atoms with Gasteiger partial charge in [0.05, 0.1) is 5.25 Å². The molecule has 108 valence electrons. The number of nitrogens with one attached hydrogen (secondary N) is 2. The van der Waals surface area contributed by atoms with Gasteiger partial charge < -0.3 is 0 Å². The van der Waals surface area contributed by atoms with Gasteiger partial charge in [0.1, 0.15) is 5.54 Å². The lowest BCUT2D eigenvalue weighted by Gasteiger charge is -2.28. The quantitative estimate of drug-likeness (QED) is 0.737. The van der Waals surface area contributed by atoms with Gasteiger partial charge in [-0.1, -0.05) is 6.08 Å². The Balaban J connectivity index is 2.12. The fourth-order valence-corrected chi connectivity index (χ4v) is 3.75. The molecule has 0 bridgehead atoms. The Labute approximate surface area is 114 Å². The Morgan fingerprint density at radius 1 is 1.37 bits per heavy atom. The van der Waals surface area contributed by atoms with E-state index in [1.54, 1.807) is 6.08 Å². The molecule has 0 spiro atoms. The zero-order valence-electron chi connectivity index (χ0n) is 11.7. The first-order valence-electron chi connectivity index (χ1n) is 6.59. The van der Waals surface area contributed by atoms with E-state index in [1.165, 1.54) is 0 Å². The summed E-state index contributed by atoms with van der Waals surface area (Å²) in [5.41, 5.74) is -1.08. The van der Waals surface area contributed by atoms with E-state index in [9.17, 15) is 13.2 Å². The lowest BCUT2D eigenvalue weighted by Crippen LogP contribution is -2.56. The molecule has 0 aromatic carbocycles. The second kappa shape index (κ2) is 4.31. The van der Waals surface area contributed by atoms with Gasteiger partial charge in [-0.05, 0) is 40.0 Å². The van der Waals surface area contributed by atoms with Gasteiger partial charge in [-0.3, -0.25) is 14.8 Å². The molecule has 19 heavy (non-hydrogen) atoms. The van der Waals surface area contributed by atoms with Crippen LogP contribution in [0.25, 0.3) is 0 Å². The van der Waals surface area contributed by atoms with Crippen LogP contribution in [-0.2, 0) is 14.8 Å². The van der Waals surface area contributed by atoms with Crippen molar-refractivity contribution >= 4 is 15.9 Å². The highest BCUT2D eigenvalue weighted by atomic mass is 32.2. The molecule has 0 aliphatic heterocycles. The fourth-order valence-electron chi connectivity index (χ4n) is 2.39. The molecule has 6 heteroatoms. The van der Waals surface area contributed by atoms with Crippen molar-refractivity contribution < 1.29 is 13.2 Å². The topological polar surface area (TPSA) is 75.3 Å². The molecule has 5 nitrogen and oxygen atoms in total. The summed E-state index contributed by atoms with van der Waals surface area (Å²) in [6, 6.07) is 0. The summed E-state index contributed by atoms with van der Waals surface area (Å²) in [5.74, 6) is -0.458. The lowest BCUT2D eigenvalue weighted by atomic mass is 10.0. The Bertz CT molecular complexity index is 502. The second-order valence-corrected chi connectivity index (χ2v) is 8.53. The predicted octanol–water partition coefficient (Wildman–Crippen LogP) is 0.928. The predicted molar refractivity (Wildman–Crippen MR) is 74.0 cm³/mol. The van der Waals surface area contributed by atoms with E-state index in [2.05, 4.69) is 16.6 Å². The van der Waals surface area contributed by atoms with Crippen LogP contribution >= 0.6 is 0 Å². The van der Waals surface area contributed by atoms with Crippen molar-refractivity contribution in [3.63, 3.8) is 0 Å². The molecule has 2 N–H and O–H groups in total. The minimum atomic E-state index is -3.49. The maximum atomic E-state index is 12.3. The van der Waals surface area contributed by atoms with E-state index in [-0.39, 0.29) is 16.7 Å². The molecule has 2 aliphatic rings. The molecule has 2 saturated carbocycles. The van der Waals surface area contributed by atoms with E-state index in [1.807, 2.05) is 20.8 Å². The second-order valence-electron chi connectivity index (χ2n) is 6.57. The molecule has 0 aromatic rings. The highest BCUT2D eigenvalue weighted by Crippen LogP contribution is 2.46. The van der Waals surface area contributed by atoms with Gasteiger partial charge in [-0.25, -0.2) is 8.42 Å². The summed E-state index contributed by atoms with van der Waals surface area (Å²) >= 11 is 0. The summed E-state index contributed by atoms with van der Waals surface area (Å²) in [6.45, 7) is 9.57. The van der Waals surface area contributed by atoms with Gasteiger partial charge in [0, 0.05) is 11.5 Å². The van der Waals surface area contributed by atoms with Crippen molar-refractivity contribution in [1.29, 1.82) is 0 Å². The van der Waals surface area contributed by atoms with Crippen LogP contribution in [0.4, 0.5) is 0 Å². The first-order chi connectivity index (χ1) is 8.61. The number of hydrogen-bond acceptors (Lipinski definition) is 4. The third-order valence-electron chi connectivity index (χ3n) is 3.50. The molecule has 0 saturated heterocycles. The Hall–Kier alpha value is -0.880. The van der Waals surface area contributed by atoms with Crippen LogP contribution in [0, 0.1) is 5.92 Å². The molecule has 0 unspecified atom stereocenters. The number of sulfonamides is 1. The summed E-state index contributed by atoms with van der Waals surface area (Å²) in [4.78, 5) is 12.3. The van der Waals surface area contributed by atoms with Gasteiger partial charge in [0.15, 0.2) is 0 Å². The molecule has 1 amide bonds. The van der Waals surface area contributed by atoms with E-state index >= 15 is 0 Å². The minimum absolute atomic E-state index is 0.0128. The van der Waals surface area contributed by atoms with Gasteiger partial charge in [-0.15, -0.1) is 6.58 Å². The average Bonchev–Trinajstić information content (AvgIpc) is 3.09. The normalized spacial score (nSPS) is 30.8. The van der Waals surface area contributed by atoms with Crippen molar-refractivity contribution in [2.75, 3.05) is 0 Å². The number of carbonyl (C=O) groups excluding carboxylic acids is 1. The van der Waals surface area contributed by atoms with Crippen LogP contribution in [0.2, 0.25) is 0 Å². The molecule has 0 heterocycles. The summed E-state index contributed by atoms with van der Waals surface area (Å²) in [6.07, 6.45) is 3.60. The average molecular weight is 286 g/mol. The van der Waals surface area contributed by atoms with Crippen LogP contribution in [0.3, 0.4) is 0 Å². The maximum Gasteiger partial charge on any atom is 0.254 e. The van der Waals surface area contributed by atoms with E-state index in [4.69, 9.17) is 0 Å². The zero-order chi connectivity index (χ0) is 14.5. The van der Waals surface area contributed by atoms with Crippen LogP contribution in [0.5, 0.6) is 0 Å². The van der Waals surface area contributed by atoms with E-state index in [0.717, 1.165) is 0 Å². The highest BCUT2D eigenvalue weighted by Gasteiger charge is 2.60. The number of amides is 1. The lowest BCUT2D eigenvalue weighted by molar-refractivity contribution is -0.123. The third kappa shape index (κ3) is 3.00. The van der Waals surface area contributed by atoms with Gasteiger partial charge >= 0.3 is 0 Å². The first-order valence-corrected chi connectivity index (χ1v) is 8.13. The minimum Gasteiger partial charge on any atom is -0.298 e. The molecule has 2 rings (SSSR count). The fraction of sp³-hybridized carbons (Fsp3) is 0.769. The molecule has 0 radical (unpaired) electrons. The molecule has 2 atom stereocenters. The highest BCUT2D eigenvalue weighted by molar-refractivity contribution is 7.90. The Morgan fingerprint density at radius 2 is 1.95 bits per heavy atom. The smallest absolute Gasteiger partial charge is 0.254 e. The van der Waals surface area contributed by atoms with E-state index < -0.39 is 21.5 Å². The molecule has 2 aliphatic carbocycles. The van der Waals surface area contributed by atoms with Gasteiger partial charge in [0.2, 0.25) is 10.0 Å². The molecule has 0 aromatic heterocycles. The van der Waals surface area contributed by atoms with Crippen molar-refractivity contribution in [1.82, 2.24) is 10.0 Å². The standard InChI is InChI=1S/C13H22N2O3S/c1-5-9-8-13(9,15-12(2,3)4)11(16)14-19(17,18)10-6-7-10/h5,9-10,15H,1,6-8H2,2-4H3,(H,14,16)/t9-,13-/m1/s1. The van der Waals surface area contributed by atoms with Crippen molar-refractivity contribution in [2.45, 2.75) is 56.4 Å². The molecule has 2 fully saturated rings. The summed E-state index contributed by atoms with van der Waals surface area (Å²) in [7, 11) is -3.49. The summed E-state index contributed by atoms with van der Waals surface area (Å²) in [5, 5.41) is 2.86. The third-order valence-corrected chi connectivity index (χ3v) is 5.32. The Morgan fingerprint density at radius 3 is 2.32 bits per heavy atom. The molecular formula is C13H22N2O3S. The molecular weight excluding hydrogens is 264 g/mol. The van der Waals surface area contributed by atoms with Crippen LogP contribution < -0.4 is 10.0 Å². The zero-order valence-corrected chi connectivity index (χ0v) is 12.5. The SMILES string of the molecule is C=C[C@@H]1C[C@]1(NC(C)(C)C)C(=O)NS(=O)(=O)C1CC1. The van der Waals surface area contributed by atoms with Crippen LogP contribution in [0.15, 0.2) is 12.7 Å². The van der Waals surface area contributed by atoms with Gasteiger partial charge in [-0.2, -0.15) is 0 Å². The monoisotopic (exact) mass is 286 g/mol. The number of rotatable bonds is 5. The van der Waals surface area contributed by atoms with Crippen LogP contribution in [0.1, 0.15) is 40.0 Å². The maximum absolute atomic E-state index is 12.3. The summed E-state index contributed by atoms with van der Waals surface area (Å²) < 4.78 is 25.9.